The Hall–Kier alpha value is -0.720. The Bertz CT molecular complexity index is 333. The highest BCUT2D eigenvalue weighted by Crippen LogP contribution is 2.30. The normalized spacial score (nSPS) is 10.5. The lowest BCUT2D eigenvalue weighted by Gasteiger charge is -2.06. The minimum absolute atomic E-state index is 0.223. The molecule has 0 aliphatic rings. The van der Waals surface area contributed by atoms with Gasteiger partial charge in [-0.3, -0.25) is 0 Å². The molecule has 0 saturated carbocycles. The number of hydrogen-bond acceptors (Lipinski definition) is 3. The Morgan fingerprint density at radius 2 is 2.08 bits per heavy atom. The lowest BCUT2D eigenvalue weighted by Crippen LogP contribution is -2.10. The Morgan fingerprint density at radius 3 is 2.62 bits per heavy atom. The highest BCUT2D eigenvalue weighted by Gasteiger charge is 2.15. The fourth-order valence-corrected chi connectivity index (χ4v) is 1.22. The summed E-state index contributed by atoms with van der Waals surface area (Å²) < 4.78 is 25.8. The predicted octanol–water partition coefficient (Wildman–Crippen LogP) is 1.91. The monoisotopic (exact) mass is 253 g/mol. The third-order valence-corrected chi connectivity index (χ3v) is 2.24. The molecule has 0 radical (unpaired) electrons. The molecule has 0 fully saturated rings. The number of halogens is 3. The lowest BCUT2D eigenvalue weighted by molar-refractivity contribution is 0.158. The van der Waals surface area contributed by atoms with Gasteiger partial charge in [0.2, 0.25) is 0 Å². The van der Waals surface area contributed by atoms with Crippen LogP contribution in [0.1, 0.15) is 5.56 Å². The summed E-state index contributed by atoms with van der Waals surface area (Å²) in [4.78, 5) is 0. The zero-order valence-corrected chi connectivity index (χ0v) is 7.90. The molecule has 0 aromatic heterocycles. The summed E-state index contributed by atoms with van der Waals surface area (Å²) in [5.41, 5.74) is 1.29. The first-order valence-electron chi connectivity index (χ1n) is 3.30. The van der Waals surface area contributed by atoms with Crippen molar-refractivity contribution in [3.63, 3.8) is 0 Å². The van der Waals surface area contributed by atoms with E-state index >= 15 is 0 Å². The van der Waals surface area contributed by atoms with Gasteiger partial charge in [-0.15, -0.1) is 0 Å². The van der Waals surface area contributed by atoms with E-state index in [9.17, 15) is 8.78 Å². The molecule has 3 nitrogen and oxygen atoms in total. The zero-order valence-electron chi connectivity index (χ0n) is 6.31. The van der Waals surface area contributed by atoms with Crippen molar-refractivity contribution < 1.29 is 19.1 Å². The van der Waals surface area contributed by atoms with Crippen LogP contribution in [0, 0.1) is 11.6 Å². The van der Waals surface area contributed by atoms with E-state index in [1.807, 2.05) is 0 Å². The average molecular weight is 254 g/mol. The van der Waals surface area contributed by atoms with Crippen molar-refractivity contribution >= 4 is 15.9 Å². The van der Waals surface area contributed by atoms with E-state index < -0.39 is 17.4 Å². The van der Waals surface area contributed by atoms with E-state index in [4.69, 9.17) is 10.3 Å². The van der Waals surface area contributed by atoms with Gasteiger partial charge in [-0.05, 0) is 15.9 Å². The van der Waals surface area contributed by atoms with Crippen LogP contribution >= 0.6 is 15.9 Å². The Labute approximate surface area is 81.1 Å². The van der Waals surface area contributed by atoms with Crippen LogP contribution in [0.4, 0.5) is 8.78 Å². The van der Waals surface area contributed by atoms with Crippen LogP contribution in [0.5, 0.6) is 5.75 Å². The Kier molecular flexibility index (Phi) is 3.18. The molecular weight excluding hydrogens is 248 g/mol. The highest BCUT2D eigenvalue weighted by molar-refractivity contribution is 9.10. The molecular formula is C7H6BrF2NO2. The summed E-state index contributed by atoms with van der Waals surface area (Å²) in [6.45, 7) is -0.365. The van der Waals surface area contributed by atoms with E-state index in [0.717, 1.165) is 6.07 Å². The molecule has 0 aliphatic heterocycles. The molecule has 1 aromatic carbocycles. The van der Waals surface area contributed by atoms with Gasteiger partial charge in [-0.1, -0.05) is 0 Å². The van der Waals surface area contributed by atoms with Gasteiger partial charge in [0.25, 0.3) is 0 Å². The summed E-state index contributed by atoms with van der Waals surface area (Å²) in [5, 5.41) is 17.2. The maximum Gasteiger partial charge on any atom is 0.148 e. The minimum Gasteiger partial charge on any atom is -0.507 e. The largest absolute Gasteiger partial charge is 0.507 e. The number of phenols is 1. The number of rotatable bonds is 2. The summed E-state index contributed by atoms with van der Waals surface area (Å²) in [6.07, 6.45) is 0. The second-order valence-corrected chi connectivity index (χ2v) is 3.11. The van der Waals surface area contributed by atoms with E-state index in [1.54, 1.807) is 5.48 Å². The molecule has 1 rings (SSSR count). The van der Waals surface area contributed by atoms with Gasteiger partial charge in [-0.25, -0.2) is 14.3 Å². The van der Waals surface area contributed by atoms with Crippen LogP contribution in [-0.2, 0) is 6.54 Å². The number of aromatic hydroxyl groups is 1. The third kappa shape index (κ3) is 1.96. The molecule has 72 valence electrons. The summed E-state index contributed by atoms with van der Waals surface area (Å²) in [7, 11) is 0. The number of hydroxylamine groups is 1. The molecule has 13 heavy (non-hydrogen) atoms. The van der Waals surface area contributed by atoms with Gasteiger partial charge in [0.1, 0.15) is 17.4 Å². The highest BCUT2D eigenvalue weighted by atomic mass is 79.9. The minimum atomic E-state index is -0.931. The summed E-state index contributed by atoms with van der Waals surface area (Å²) in [6, 6.07) is 0.764. The standard InChI is InChI=1S/C7H6BrF2NO2/c8-6-5(12)1-4(9)3(2-11-13)7(6)10/h1,11-13H,2H2. The van der Waals surface area contributed by atoms with E-state index in [0.29, 0.717) is 0 Å². The molecule has 0 amide bonds. The first-order chi connectivity index (χ1) is 6.07. The van der Waals surface area contributed by atoms with E-state index in [1.165, 1.54) is 0 Å². The first kappa shape index (κ1) is 10.4. The fourth-order valence-electron chi connectivity index (χ4n) is 0.861. The maximum atomic E-state index is 13.1. The fraction of sp³-hybridized carbons (Fsp3) is 0.143. The Balaban J connectivity index is 3.26. The van der Waals surface area contributed by atoms with Crippen LogP contribution in [0.3, 0.4) is 0 Å². The average Bonchev–Trinajstić information content (AvgIpc) is 2.09. The van der Waals surface area contributed by atoms with Gasteiger partial charge in [-0.2, -0.15) is 0 Å². The zero-order chi connectivity index (χ0) is 10.0. The predicted molar refractivity (Wildman–Crippen MR) is 44.3 cm³/mol. The molecule has 0 saturated heterocycles. The Morgan fingerprint density at radius 1 is 1.46 bits per heavy atom. The molecule has 0 unspecified atom stereocenters. The number of nitrogens with one attached hydrogen (secondary N) is 1. The molecule has 3 N–H and O–H groups in total. The van der Waals surface area contributed by atoms with Crippen molar-refractivity contribution in [2.24, 2.45) is 0 Å². The second-order valence-electron chi connectivity index (χ2n) is 2.32. The summed E-state index contributed by atoms with van der Waals surface area (Å²) >= 11 is 2.73. The van der Waals surface area contributed by atoms with Crippen molar-refractivity contribution in [2.45, 2.75) is 6.54 Å². The number of hydrogen-bond donors (Lipinski definition) is 3. The maximum absolute atomic E-state index is 13.1. The molecule has 0 bridgehead atoms. The van der Waals surface area contributed by atoms with Crippen LogP contribution in [0.2, 0.25) is 0 Å². The number of benzene rings is 1. The van der Waals surface area contributed by atoms with Crippen LogP contribution in [-0.4, -0.2) is 10.3 Å². The molecule has 6 heteroatoms. The number of phenolic OH excluding ortho intramolecular Hbond substituents is 1. The quantitative estimate of drug-likeness (QED) is 0.558. The molecule has 0 atom stereocenters. The summed E-state index contributed by atoms with van der Waals surface area (Å²) in [5.74, 6) is -2.37. The molecule has 0 aliphatic carbocycles. The van der Waals surface area contributed by atoms with Crippen molar-refractivity contribution in [3.8, 4) is 5.75 Å². The molecule has 0 heterocycles. The van der Waals surface area contributed by atoms with Crippen LogP contribution < -0.4 is 5.48 Å². The van der Waals surface area contributed by atoms with Crippen molar-refractivity contribution in [2.75, 3.05) is 0 Å². The lowest BCUT2D eigenvalue weighted by atomic mass is 10.2. The van der Waals surface area contributed by atoms with E-state index in [-0.39, 0.29) is 16.6 Å². The van der Waals surface area contributed by atoms with Crippen molar-refractivity contribution in [1.29, 1.82) is 0 Å². The van der Waals surface area contributed by atoms with Gasteiger partial charge in [0.05, 0.1) is 11.0 Å². The molecule has 0 spiro atoms. The van der Waals surface area contributed by atoms with Crippen molar-refractivity contribution in [1.82, 2.24) is 5.48 Å². The first-order valence-corrected chi connectivity index (χ1v) is 4.09. The topological polar surface area (TPSA) is 52.5 Å². The van der Waals surface area contributed by atoms with Crippen LogP contribution in [0.15, 0.2) is 10.5 Å². The van der Waals surface area contributed by atoms with Crippen molar-refractivity contribution in [3.05, 3.63) is 27.7 Å². The van der Waals surface area contributed by atoms with Gasteiger partial charge in [0, 0.05) is 11.6 Å². The third-order valence-electron chi connectivity index (χ3n) is 1.49. The van der Waals surface area contributed by atoms with Gasteiger partial charge in [0.15, 0.2) is 0 Å². The SMILES string of the molecule is ONCc1c(F)cc(O)c(Br)c1F. The van der Waals surface area contributed by atoms with Crippen LogP contribution in [0.25, 0.3) is 0 Å². The smallest absolute Gasteiger partial charge is 0.148 e. The van der Waals surface area contributed by atoms with E-state index in [2.05, 4.69) is 15.9 Å². The van der Waals surface area contributed by atoms with Gasteiger partial charge < -0.3 is 10.3 Å². The molecule has 1 aromatic rings. The van der Waals surface area contributed by atoms with Gasteiger partial charge >= 0.3 is 0 Å². The second kappa shape index (κ2) is 3.99.